The van der Waals surface area contributed by atoms with Crippen molar-refractivity contribution in [2.45, 2.75) is 40.2 Å². The van der Waals surface area contributed by atoms with Crippen molar-refractivity contribution in [1.82, 2.24) is 34.7 Å². The Morgan fingerprint density at radius 3 is 2.28 bits per heavy atom. The van der Waals surface area contributed by atoms with Gasteiger partial charge in [0.15, 0.2) is 11.5 Å². The Labute approximate surface area is 208 Å². The lowest BCUT2D eigenvalue weighted by Crippen LogP contribution is -2.15. The lowest BCUT2D eigenvalue weighted by Gasteiger charge is -2.12. The van der Waals surface area contributed by atoms with Gasteiger partial charge in [-0.25, -0.2) is 9.78 Å². The highest BCUT2D eigenvalue weighted by molar-refractivity contribution is 5.90. The van der Waals surface area contributed by atoms with E-state index in [9.17, 15) is 9.90 Å². The number of aromatic carboxylic acids is 1. The summed E-state index contributed by atoms with van der Waals surface area (Å²) in [5.41, 5.74) is 5.98. The van der Waals surface area contributed by atoms with E-state index in [0.717, 1.165) is 45.9 Å². The number of H-pyrrole nitrogens is 1. The van der Waals surface area contributed by atoms with Crippen LogP contribution in [0.2, 0.25) is 0 Å². The molecule has 0 fully saturated rings. The lowest BCUT2D eigenvalue weighted by atomic mass is 9.98. The molecule has 0 aliphatic heterocycles. The summed E-state index contributed by atoms with van der Waals surface area (Å²) in [6.07, 6.45) is 1.56. The Morgan fingerprint density at radius 2 is 1.67 bits per heavy atom. The van der Waals surface area contributed by atoms with Crippen LogP contribution in [0.25, 0.3) is 28.3 Å². The molecule has 0 unspecified atom stereocenters. The fourth-order valence-electron chi connectivity index (χ4n) is 4.62. The van der Waals surface area contributed by atoms with E-state index in [-0.39, 0.29) is 5.69 Å². The van der Waals surface area contributed by atoms with Crippen LogP contribution in [0.15, 0.2) is 60.7 Å². The molecule has 0 atom stereocenters. The fraction of sp³-hybridized carbons (Fsp3) is 0.222. The number of imidazole rings is 1. The maximum atomic E-state index is 12.5. The monoisotopic (exact) mass is 481 g/mol. The first-order valence-electron chi connectivity index (χ1n) is 11.9. The standard InChI is InChI=1S/C27H27N7O2/c1-4-7-23-28-26(34-17(2)10-11-18(34)3)24(27(35)36)33(23)16-19-12-14-20(15-13-19)21-8-5-6-9-22(21)25-29-31-32-30-25/h5-6,8-15H,4,7,16H2,1-3H3,(H,35,36)(H,29,30,31,32). The molecule has 2 aromatic carbocycles. The van der Waals surface area contributed by atoms with Crippen LogP contribution in [0.4, 0.5) is 0 Å². The van der Waals surface area contributed by atoms with Crippen molar-refractivity contribution in [3.63, 3.8) is 0 Å². The van der Waals surface area contributed by atoms with Gasteiger partial charge in [-0.1, -0.05) is 55.5 Å². The molecular formula is C27H27N7O2. The molecule has 0 spiro atoms. The van der Waals surface area contributed by atoms with Gasteiger partial charge in [0.1, 0.15) is 5.82 Å². The molecule has 9 heteroatoms. The van der Waals surface area contributed by atoms with Crippen molar-refractivity contribution < 1.29 is 9.90 Å². The maximum absolute atomic E-state index is 12.5. The molecule has 5 rings (SSSR count). The Hall–Kier alpha value is -4.53. The zero-order valence-corrected chi connectivity index (χ0v) is 20.4. The van der Waals surface area contributed by atoms with Crippen molar-refractivity contribution in [3.05, 3.63) is 89.1 Å². The molecule has 9 nitrogen and oxygen atoms in total. The van der Waals surface area contributed by atoms with Crippen LogP contribution in [-0.2, 0) is 13.0 Å². The first-order chi connectivity index (χ1) is 17.5. The third kappa shape index (κ3) is 4.19. The van der Waals surface area contributed by atoms with Gasteiger partial charge in [-0.3, -0.25) is 0 Å². The molecule has 3 heterocycles. The third-order valence-corrected chi connectivity index (χ3v) is 6.31. The van der Waals surface area contributed by atoms with Crippen LogP contribution in [-0.4, -0.2) is 45.8 Å². The predicted molar refractivity (Wildman–Crippen MR) is 136 cm³/mol. The molecule has 0 aliphatic rings. The molecule has 0 amide bonds. The van der Waals surface area contributed by atoms with E-state index in [4.69, 9.17) is 4.98 Å². The SMILES string of the molecule is CCCc1nc(-n2c(C)ccc2C)c(C(=O)O)n1Cc1ccc(-c2ccccc2-c2nn[nH]n2)cc1. The van der Waals surface area contributed by atoms with Gasteiger partial charge < -0.3 is 14.2 Å². The summed E-state index contributed by atoms with van der Waals surface area (Å²) in [7, 11) is 0. The largest absolute Gasteiger partial charge is 0.476 e. The molecule has 0 aliphatic carbocycles. The molecule has 36 heavy (non-hydrogen) atoms. The number of hydrogen-bond donors (Lipinski definition) is 2. The minimum absolute atomic E-state index is 0.201. The molecule has 2 N–H and O–H groups in total. The number of aromatic amines is 1. The van der Waals surface area contributed by atoms with Crippen molar-refractivity contribution in [2.75, 3.05) is 0 Å². The average molecular weight is 482 g/mol. The van der Waals surface area contributed by atoms with Crippen molar-refractivity contribution in [1.29, 1.82) is 0 Å². The molecular weight excluding hydrogens is 454 g/mol. The molecule has 5 aromatic rings. The van der Waals surface area contributed by atoms with E-state index in [1.54, 1.807) is 0 Å². The highest BCUT2D eigenvalue weighted by Crippen LogP contribution is 2.30. The van der Waals surface area contributed by atoms with Crippen molar-refractivity contribution in [2.24, 2.45) is 0 Å². The Bertz CT molecular complexity index is 1490. The van der Waals surface area contributed by atoms with E-state index >= 15 is 0 Å². The molecule has 3 aromatic heterocycles. The zero-order valence-electron chi connectivity index (χ0n) is 20.4. The number of nitrogens with one attached hydrogen (secondary N) is 1. The number of rotatable bonds is 8. The number of benzene rings is 2. The molecule has 0 saturated carbocycles. The fourth-order valence-corrected chi connectivity index (χ4v) is 4.62. The topological polar surface area (TPSA) is 115 Å². The first-order valence-corrected chi connectivity index (χ1v) is 11.9. The van der Waals surface area contributed by atoms with Crippen LogP contribution in [0.1, 0.15) is 46.6 Å². The van der Waals surface area contributed by atoms with E-state index in [1.807, 2.05) is 83.6 Å². The smallest absolute Gasteiger partial charge is 0.356 e. The molecule has 0 saturated heterocycles. The van der Waals surface area contributed by atoms with Gasteiger partial charge in [-0.05, 0) is 54.3 Å². The Morgan fingerprint density at radius 1 is 0.972 bits per heavy atom. The number of tetrazole rings is 1. The van der Waals surface area contributed by atoms with Gasteiger partial charge >= 0.3 is 5.97 Å². The number of aromatic nitrogens is 7. The van der Waals surface area contributed by atoms with Crippen molar-refractivity contribution >= 4 is 5.97 Å². The van der Waals surface area contributed by atoms with Crippen LogP contribution >= 0.6 is 0 Å². The predicted octanol–water partition coefficient (Wildman–Crippen LogP) is 4.84. The second-order valence-corrected chi connectivity index (χ2v) is 8.77. The minimum Gasteiger partial charge on any atom is -0.476 e. The molecule has 182 valence electrons. The average Bonchev–Trinajstić information content (AvgIpc) is 3.60. The first kappa shape index (κ1) is 23.2. The summed E-state index contributed by atoms with van der Waals surface area (Å²) in [6, 6.07) is 20.0. The summed E-state index contributed by atoms with van der Waals surface area (Å²) >= 11 is 0. The van der Waals surface area contributed by atoms with Gasteiger partial charge in [-0.2, -0.15) is 5.21 Å². The van der Waals surface area contributed by atoms with E-state index in [2.05, 4.69) is 27.5 Å². The summed E-state index contributed by atoms with van der Waals surface area (Å²) in [5.74, 6) is 0.782. The maximum Gasteiger partial charge on any atom is 0.356 e. The van der Waals surface area contributed by atoms with Crippen molar-refractivity contribution in [3.8, 4) is 28.3 Å². The molecule has 0 bridgehead atoms. The summed E-state index contributed by atoms with van der Waals surface area (Å²) in [6.45, 7) is 6.40. The highest BCUT2D eigenvalue weighted by Gasteiger charge is 2.25. The van der Waals surface area contributed by atoms with Gasteiger partial charge in [-0.15, -0.1) is 10.2 Å². The van der Waals surface area contributed by atoms with Crippen LogP contribution in [0.5, 0.6) is 0 Å². The number of nitrogens with zero attached hydrogens (tertiary/aromatic N) is 6. The summed E-state index contributed by atoms with van der Waals surface area (Å²) < 4.78 is 3.75. The zero-order chi connectivity index (χ0) is 25.2. The quantitative estimate of drug-likeness (QED) is 0.328. The third-order valence-electron chi connectivity index (χ3n) is 6.31. The summed E-state index contributed by atoms with van der Waals surface area (Å²) in [5, 5.41) is 24.6. The van der Waals surface area contributed by atoms with E-state index in [0.29, 0.717) is 24.6 Å². The lowest BCUT2D eigenvalue weighted by molar-refractivity contribution is 0.0685. The van der Waals surface area contributed by atoms with E-state index in [1.165, 1.54) is 0 Å². The van der Waals surface area contributed by atoms with Gasteiger partial charge in [0.05, 0.1) is 0 Å². The number of carboxylic acid groups (broad SMARTS) is 1. The Kier molecular flexibility index (Phi) is 6.20. The van der Waals surface area contributed by atoms with E-state index < -0.39 is 5.97 Å². The van der Waals surface area contributed by atoms with Crippen LogP contribution in [0.3, 0.4) is 0 Å². The highest BCUT2D eigenvalue weighted by atomic mass is 16.4. The van der Waals surface area contributed by atoms with Gasteiger partial charge in [0.2, 0.25) is 5.82 Å². The number of carbonyl (C=O) groups is 1. The number of hydrogen-bond acceptors (Lipinski definition) is 5. The Balaban J connectivity index is 1.53. The normalized spacial score (nSPS) is 11.2. The van der Waals surface area contributed by atoms with Crippen LogP contribution in [0, 0.1) is 13.8 Å². The summed E-state index contributed by atoms with van der Waals surface area (Å²) in [4.78, 5) is 17.3. The molecule has 0 radical (unpaired) electrons. The second kappa shape index (κ2) is 9.61. The number of carboxylic acids is 1. The van der Waals surface area contributed by atoms with Gasteiger partial charge in [0.25, 0.3) is 0 Å². The van der Waals surface area contributed by atoms with Gasteiger partial charge in [0, 0.05) is 29.9 Å². The number of aryl methyl sites for hydroxylation is 3. The van der Waals surface area contributed by atoms with Crippen LogP contribution < -0.4 is 0 Å². The minimum atomic E-state index is -0.988. The second-order valence-electron chi connectivity index (χ2n) is 8.77.